The van der Waals surface area contributed by atoms with Crippen LogP contribution in [0.1, 0.15) is 44.9 Å². The van der Waals surface area contributed by atoms with E-state index < -0.39 is 5.97 Å². The van der Waals surface area contributed by atoms with Gasteiger partial charge in [-0.05, 0) is 25.7 Å². The van der Waals surface area contributed by atoms with Gasteiger partial charge in [-0.3, -0.25) is 10.1 Å². The number of piperidine rings is 1. The van der Waals surface area contributed by atoms with Crippen LogP contribution in [0.25, 0.3) is 0 Å². The average molecular weight is 470 g/mol. The number of carboxylic acid groups (broad SMARTS) is 1. The molecular weight excluding hydrogens is 438 g/mol. The number of carboxylic acids is 1. The molecule has 0 radical (unpaired) electrons. The number of aliphatic carboxylic acids is 1. The molecule has 4 amide bonds. The minimum absolute atomic E-state index is 0.0151. The fourth-order valence-corrected chi connectivity index (χ4v) is 5.86. The molecule has 2 N–H and O–H groups in total. The molecule has 9 nitrogen and oxygen atoms in total. The summed E-state index contributed by atoms with van der Waals surface area (Å²) < 4.78 is 0.762. The third-order valence-electron chi connectivity index (χ3n) is 5.75. The lowest BCUT2D eigenvalue weighted by Gasteiger charge is -2.43. The lowest BCUT2D eigenvalue weighted by atomic mass is 9.91. The van der Waals surface area contributed by atoms with Crippen molar-refractivity contribution in [1.82, 2.24) is 19.7 Å². The van der Waals surface area contributed by atoms with Crippen molar-refractivity contribution in [2.24, 2.45) is 0 Å². The first-order valence-electron chi connectivity index (χ1n) is 10.7. The average Bonchev–Trinajstić information content (AvgIpc) is 3.20. The fraction of sp³-hybridized carbons (Fsp3) is 0.700. The number of hydrogen-bond donors (Lipinski definition) is 2. The number of likely N-dealkylation sites (tertiary alicyclic amines) is 1. The molecule has 1 aromatic heterocycles. The first-order valence-corrected chi connectivity index (χ1v) is 12.5. The van der Waals surface area contributed by atoms with Crippen molar-refractivity contribution in [3.05, 3.63) is 6.20 Å². The second-order valence-electron chi connectivity index (χ2n) is 8.19. The van der Waals surface area contributed by atoms with Gasteiger partial charge in [-0.25, -0.2) is 14.6 Å². The zero-order valence-electron chi connectivity index (χ0n) is 18.1. The van der Waals surface area contributed by atoms with Crippen LogP contribution in [0.5, 0.6) is 0 Å². The maximum absolute atomic E-state index is 13.3. The summed E-state index contributed by atoms with van der Waals surface area (Å²) in [5.41, 5.74) is 0. The largest absolute Gasteiger partial charge is 0.481 e. The number of nitrogens with one attached hydrogen (secondary N) is 1. The molecule has 0 aromatic carbocycles. The Morgan fingerprint density at radius 1 is 1.16 bits per heavy atom. The minimum atomic E-state index is -0.883. The highest BCUT2D eigenvalue weighted by Crippen LogP contribution is 2.31. The van der Waals surface area contributed by atoms with Crippen LogP contribution in [0.3, 0.4) is 0 Å². The number of carbonyl (C=O) groups excluding carboxylic acids is 2. The molecule has 0 unspecified atom stereocenters. The maximum atomic E-state index is 13.3. The third kappa shape index (κ3) is 6.49. The van der Waals surface area contributed by atoms with Crippen LogP contribution >= 0.6 is 23.1 Å². The number of rotatable bonds is 6. The number of aromatic nitrogens is 1. The van der Waals surface area contributed by atoms with Crippen molar-refractivity contribution in [2.75, 3.05) is 38.3 Å². The fourth-order valence-electron chi connectivity index (χ4n) is 4.28. The SMILES string of the molecule is CN(C)C(=O)N1CCC(N(C(=O)Nc2ncc(SCC(=O)O)s2)C2CCCCC2)CC1. The standard InChI is InChI=1S/C20H31N5O4S2/c1-23(2)20(29)24-10-8-15(9-11-24)25(14-6-4-3-5-7-14)19(28)22-18-21-12-17(31-18)30-13-16(26)27/h12,14-15H,3-11,13H2,1-2H3,(H,26,27)(H,21,22,28). The van der Waals surface area contributed by atoms with E-state index in [1.54, 1.807) is 25.2 Å². The van der Waals surface area contributed by atoms with Gasteiger partial charge in [0.2, 0.25) is 0 Å². The van der Waals surface area contributed by atoms with Crippen LogP contribution in [0, 0.1) is 0 Å². The Morgan fingerprint density at radius 2 is 1.81 bits per heavy atom. The van der Waals surface area contributed by atoms with Gasteiger partial charge in [0.1, 0.15) is 0 Å². The van der Waals surface area contributed by atoms with E-state index in [2.05, 4.69) is 10.3 Å². The minimum Gasteiger partial charge on any atom is -0.481 e. The Labute approximate surface area is 191 Å². The van der Waals surface area contributed by atoms with Crippen LogP contribution < -0.4 is 5.32 Å². The molecule has 172 valence electrons. The summed E-state index contributed by atoms with van der Waals surface area (Å²) in [5.74, 6) is -0.917. The van der Waals surface area contributed by atoms with E-state index in [9.17, 15) is 14.4 Å². The summed E-state index contributed by atoms with van der Waals surface area (Å²) in [6.45, 7) is 1.29. The van der Waals surface area contributed by atoms with E-state index >= 15 is 0 Å². The van der Waals surface area contributed by atoms with Gasteiger partial charge in [0.15, 0.2) is 5.13 Å². The van der Waals surface area contributed by atoms with Crippen molar-refractivity contribution < 1.29 is 19.5 Å². The molecule has 2 aliphatic rings. The molecule has 0 spiro atoms. The van der Waals surface area contributed by atoms with Gasteiger partial charge >= 0.3 is 18.0 Å². The van der Waals surface area contributed by atoms with Gasteiger partial charge in [0.25, 0.3) is 0 Å². The highest BCUT2D eigenvalue weighted by atomic mass is 32.2. The van der Waals surface area contributed by atoms with Gasteiger partial charge in [0.05, 0.1) is 16.2 Å². The van der Waals surface area contributed by atoms with Crippen molar-refractivity contribution in [2.45, 2.75) is 61.2 Å². The van der Waals surface area contributed by atoms with Crippen LogP contribution in [0.2, 0.25) is 0 Å². The first-order chi connectivity index (χ1) is 14.8. The highest BCUT2D eigenvalue weighted by molar-refractivity contribution is 8.01. The predicted octanol–water partition coefficient (Wildman–Crippen LogP) is 3.63. The van der Waals surface area contributed by atoms with Gasteiger partial charge in [-0.1, -0.05) is 30.6 Å². The predicted molar refractivity (Wildman–Crippen MR) is 122 cm³/mol. The van der Waals surface area contributed by atoms with Crippen LogP contribution in [-0.2, 0) is 4.79 Å². The second kappa shape index (κ2) is 11.0. The summed E-state index contributed by atoms with van der Waals surface area (Å²) in [6.07, 6.45) is 8.59. The number of hydrogen-bond acceptors (Lipinski definition) is 6. The van der Waals surface area contributed by atoms with E-state index in [1.165, 1.54) is 29.5 Å². The zero-order chi connectivity index (χ0) is 22.4. The van der Waals surface area contributed by atoms with Crippen molar-refractivity contribution >= 4 is 46.3 Å². The second-order valence-corrected chi connectivity index (χ2v) is 10.5. The lowest BCUT2D eigenvalue weighted by molar-refractivity contribution is -0.133. The molecule has 2 fully saturated rings. The number of urea groups is 2. The van der Waals surface area contributed by atoms with Crippen molar-refractivity contribution in [1.29, 1.82) is 0 Å². The normalized spacial score (nSPS) is 17.9. The molecule has 0 atom stereocenters. The molecule has 0 bridgehead atoms. The van der Waals surface area contributed by atoms with E-state index in [4.69, 9.17) is 5.11 Å². The van der Waals surface area contributed by atoms with E-state index in [0.29, 0.717) is 18.2 Å². The topological polar surface area (TPSA) is 106 Å². The Balaban J connectivity index is 1.65. The number of thioether (sulfide) groups is 1. The first kappa shape index (κ1) is 23.6. The van der Waals surface area contributed by atoms with Crippen LogP contribution in [0.4, 0.5) is 14.7 Å². The molecule has 1 saturated carbocycles. The molecule has 11 heteroatoms. The summed E-state index contributed by atoms with van der Waals surface area (Å²) in [6, 6.07) is 0.167. The molecule has 31 heavy (non-hydrogen) atoms. The van der Waals surface area contributed by atoms with Crippen LogP contribution in [-0.4, -0.2) is 87.8 Å². The molecular formula is C20H31N5O4S2. The highest BCUT2D eigenvalue weighted by Gasteiger charge is 2.35. The van der Waals surface area contributed by atoms with Crippen LogP contribution in [0.15, 0.2) is 10.4 Å². The summed E-state index contributed by atoms with van der Waals surface area (Å²) in [5, 5.41) is 12.3. The van der Waals surface area contributed by atoms with Gasteiger partial charge in [-0.15, -0.1) is 11.8 Å². The molecule has 1 aliphatic carbocycles. The summed E-state index contributed by atoms with van der Waals surface area (Å²) >= 11 is 2.49. The number of nitrogens with zero attached hydrogens (tertiary/aromatic N) is 4. The van der Waals surface area contributed by atoms with Gasteiger partial charge in [0, 0.05) is 39.3 Å². The monoisotopic (exact) mass is 469 g/mol. The Kier molecular flexibility index (Phi) is 8.42. The molecule has 2 heterocycles. The molecule has 1 saturated heterocycles. The summed E-state index contributed by atoms with van der Waals surface area (Å²) in [7, 11) is 3.51. The molecule has 1 aliphatic heterocycles. The number of anilines is 1. The van der Waals surface area contributed by atoms with E-state index in [1.807, 2.05) is 9.80 Å². The number of thiazole rings is 1. The van der Waals surface area contributed by atoms with Gasteiger partial charge in [-0.2, -0.15) is 0 Å². The quantitative estimate of drug-likeness (QED) is 0.616. The maximum Gasteiger partial charge on any atom is 0.324 e. The number of amides is 4. The lowest BCUT2D eigenvalue weighted by Crippen LogP contribution is -2.55. The van der Waals surface area contributed by atoms with E-state index in [-0.39, 0.29) is 29.9 Å². The smallest absolute Gasteiger partial charge is 0.324 e. The van der Waals surface area contributed by atoms with Gasteiger partial charge < -0.3 is 19.8 Å². The molecule has 1 aromatic rings. The third-order valence-corrected chi connectivity index (χ3v) is 7.84. The summed E-state index contributed by atoms with van der Waals surface area (Å²) in [4.78, 5) is 46.0. The zero-order valence-corrected chi connectivity index (χ0v) is 19.7. The van der Waals surface area contributed by atoms with Crippen molar-refractivity contribution in [3.63, 3.8) is 0 Å². The van der Waals surface area contributed by atoms with E-state index in [0.717, 1.165) is 42.7 Å². The Morgan fingerprint density at radius 3 is 2.42 bits per heavy atom. The van der Waals surface area contributed by atoms with Crippen molar-refractivity contribution in [3.8, 4) is 0 Å². The number of carbonyl (C=O) groups is 3. The Bertz CT molecular complexity index is 773. The Hall–Kier alpha value is -2.01. The molecule has 3 rings (SSSR count).